The van der Waals surface area contributed by atoms with E-state index in [9.17, 15) is 9.59 Å². The maximum atomic E-state index is 12.2. The normalized spacial score (nSPS) is 18.1. The van der Waals surface area contributed by atoms with Crippen molar-refractivity contribution in [1.29, 1.82) is 0 Å². The quantitative estimate of drug-likeness (QED) is 0.804. The van der Waals surface area contributed by atoms with Crippen molar-refractivity contribution in [2.45, 2.75) is 19.8 Å². The second-order valence-electron chi connectivity index (χ2n) is 6.74. The van der Waals surface area contributed by atoms with E-state index in [1.807, 2.05) is 24.3 Å². The fourth-order valence-electron chi connectivity index (χ4n) is 2.84. The summed E-state index contributed by atoms with van der Waals surface area (Å²) in [5.41, 5.74) is 2.44. The van der Waals surface area contributed by atoms with E-state index in [0.717, 1.165) is 29.8 Å². The highest BCUT2D eigenvalue weighted by molar-refractivity contribution is 5.96. The van der Waals surface area contributed by atoms with Gasteiger partial charge in [-0.15, -0.1) is 0 Å². The summed E-state index contributed by atoms with van der Waals surface area (Å²) in [6.07, 6.45) is 1.71. The van der Waals surface area contributed by atoms with Crippen LogP contribution in [0.2, 0.25) is 0 Å². The molecule has 5 heteroatoms. The van der Waals surface area contributed by atoms with Gasteiger partial charge in [-0.2, -0.15) is 0 Å². The van der Waals surface area contributed by atoms with Crippen LogP contribution in [0.1, 0.15) is 29.3 Å². The molecule has 0 spiro atoms. The van der Waals surface area contributed by atoms with Crippen molar-refractivity contribution >= 4 is 17.5 Å². The number of carbonyl (C=O) groups excluding carboxylic acids is 2. The maximum absolute atomic E-state index is 12.2. The fraction of sp³-hybridized carbons (Fsp3) is 0.333. The molecule has 0 aliphatic heterocycles. The standard InChI is InChI=1S/C21H24N2O3/c1-14-13-19(14)21(25)23-17-7-5-16(6-8-17)20(24)22-12-11-15-3-9-18(26-2)10-4-15/h3-10,14,19H,11-13H2,1-2H3,(H,22,24)(H,23,25)/t14-,19+/m0/s1. The number of ether oxygens (including phenoxy) is 1. The van der Waals surface area contributed by atoms with E-state index in [1.54, 1.807) is 31.4 Å². The second-order valence-corrected chi connectivity index (χ2v) is 6.74. The number of methoxy groups -OCH3 is 1. The average molecular weight is 352 g/mol. The first-order valence-electron chi connectivity index (χ1n) is 8.89. The van der Waals surface area contributed by atoms with Crippen LogP contribution in [0.5, 0.6) is 5.75 Å². The fourth-order valence-corrected chi connectivity index (χ4v) is 2.84. The third kappa shape index (κ3) is 4.63. The van der Waals surface area contributed by atoms with Crippen LogP contribution in [-0.2, 0) is 11.2 Å². The maximum Gasteiger partial charge on any atom is 0.251 e. The molecule has 0 saturated heterocycles. The molecule has 1 saturated carbocycles. The molecule has 26 heavy (non-hydrogen) atoms. The van der Waals surface area contributed by atoms with Gasteiger partial charge >= 0.3 is 0 Å². The Morgan fingerprint density at radius 3 is 2.31 bits per heavy atom. The van der Waals surface area contributed by atoms with Gasteiger partial charge < -0.3 is 15.4 Å². The summed E-state index contributed by atoms with van der Waals surface area (Å²) in [6, 6.07) is 14.8. The molecule has 0 aromatic heterocycles. The molecular formula is C21H24N2O3. The minimum absolute atomic E-state index is 0.0641. The van der Waals surface area contributed by atoms with Gasteiger partial charge in [0.2, 0.25) is 5.91 Å². The van der Waals surface area contributed by atoms with Crippen LogP contribution >= 0.6 is 0 Å². The highest BCUT2D eigenvalue weighted by Gasteiger charge is 2.39. The molecule has 0 radical (unpaired) electrons. The molecule has 2 N–H and O–H groups in total. The Labute approximate surface area is 153 Å². The summed E-state index contributed by atoms with van der Waals surface area (Å²) < 4.78 is 5.13. The minimum Gasteiger partial charge on any atom is -0.497 e. The van der Waals surface area contributed by atoms with Gasteiger partial charge in [-0.3, -0.25) is 9.59 Å². The third-order valence-corrected chi connectivity index (χ3v) is 4.72. The number of benzene rings is 2. The molecule has 0 bridgehead atoms. The first-order chi connectivity index (χ1) is 12.6. The molecule has 136 valence electrons. The monoisotopic (exact) mass is 352 g/mol. The number of anilines is 1. The van der Waals surface area contributed by atoms with Crippen LogP contribution in [-0.4, -0.2) is 25.5 Å². The Kier molecular flexibility index (Phi) is 5.56. The SMILES string of the molecule is COc1ccc(CCNC(=O)c2ccc(NC(=O)[C@@H]3C[C@@H]3C)cc2)cc1. The molecule has 2 atom stereocenters. The largest absolute Gasteiger partial charge is 0.497 e. The average Bonchev–Trinajstić information content (AvgIpc) is 3.40. The van der Waals surface area contributed by atoms with Gasteiger partial charge in [0.1, 0.15) is 5.75 Å². The van der Waals surface area contributed by atoms with Crippen LogP contribution < -0.4 is 15.4 Å². The van der Waals surface area contributed by atoms with E-state index in [0.29, 0.717) is 18.0 Å². The van der Waals surface area contributed by atoms with Crippen LogP contribution in [0, 0.1) is 11.8 Å². The molecule has 5 nitrogen and oxygen atoms in total. The summed E-state index contributed by atoms with van der Waals surface area (Å²) in [7, 11) is 1.64. The number of hydrogen-bond acceptors (Lipinski definition) is 3. The van der Waals surface area contributed by atoms with Gasteiger partial charge in [-0.1, -0.05) is 19.1 Å². The highest BCUT2D eigenvalue weighted by atomic mass is 16.5. The first kappa shape index (κ1) is 18.0. The lowest BCUT2D eigenvalue weighted by atomic mass is 10.1. The zero-order valence-corrected chi connectivity index (χ0v) is 15.1. The zero-order chi connectivity index (χ0) is 18.5. The van der Waals surface area contributed by atoms with Gasteiger partial charge in [-0.25, -0.2) is 0 Å². The molecule has 2 aromatic carbocycles. The molecule has 2 aromatic rings. The van der Waals surface area contributed by atoms with E-state index in [2.05, 4.69) is 17.6 Å². The Balaban J connectivity index is 1.45. The topological polar surface area (TPSA) is 67.4 Å². The van der Waals surface area contributed by atoms with Crippen molar-refractivity contribution in [2.24, 2.45) is 11.8 Å². The van der Waals surface area contributed by atoms with Crippen molar-refractivity contribution in [3.63, 3.8) is 0 Å². The number of rotatable bonds is 7. The highest BCUT2D eigenvalue weighted by Crippen LogP contribution is 2.38. The Morgan fingerprint density at radius 1 is 1.08 bits per heavy atom. The lowest BCUT2D eigenvalue weighted by Gasteiger charge is -2.08. The number of hydrogen-bond donors (Lipinski definition) is 2. The van der Waals surface area contributed by atoms with Crippen LogP contribution in [0.15, 0.2) is 48.5 Å². The van der Waals surface area contributed by atoms with E-state index < -0.39 is 0 Å². The van der Waals surface area contributed by atoms with Crippen LogP contribution in [0.4, 0.5) is 5.69 Å². The van der Waals surface area contributed by atoms with Crippen molar-refractivity contribution < 1.29 is 14.3 Å². The van der Waals surface area contributed by atoms with Crippen molar-refractivity contribution in [2.75, 3.05) is 19.0 Å². The van der Waals surface area contributed by atoms with Crippen LogP contribution in [0.3, 0.4) is 0 Å². The summed E-state index contributed by atoms with van der Waals surface area (Å²) in [6.45, 7) is 2.63. The Morgan fingerprint density at radius 2 is 1.73 bits per heavy atom. The lowest BCUT2D eigenvalue weighted by molar-refractivity contribution is -0.117. The van der Waals surface area contributed by atoms with Gasteiger partial charge in [0.15, 0.2) is 0 Å². The van der Waals surface area contributed by atoms with Crippen molar-refractivity contribution in [3.05, 3.63) is 59.7 Å². The summed E-state index contributed by atoms with van der Waals surface area (Å²) in [5.74, 6) is 1.38. The third-order valence-electron chi connectivity index (χ3n) is 4.72. The smallest absolute Gasteiger partial charge is 0.251 e. The molecular weight excluding hydrogens is 328 g/mol. The Hall–Kier alpha value is -2.82. The van der Waals surface area contributed by atoms with Gasteiger partial charge in [0.05, 0.1) is 7.11 Å². The van der Waals surface area contributed by atoms with Gasteiger partial charge in [0, 0.05) is 23.7 Å². The van der Waals surface area contributed by atoms with Crippen LogP contribution in [0.25, 0.3) is 0 Å². The van der Waals surface area contributed by atoms with E-state index in [-0.39, 0.29) is 17.7 Å². The molecule has 0 heterocycles. The summed E-state index contributed by atoms with van der Waals surface area (Å²) >= 11 is 0. The van der Waals surface area contributed by atoms with E-state index in [4.69, 9.17) is 4.74 Å². The summed E-state index contributed by atoms with van der Waals surface area (Å²) in [4.78, 5) is 24.1. The van der Waals surface area contributed by atoms with Gasteiger partial charge in [-0.05, 0) is 60.7 Å². The van der Waals surface area contributed by atoms with E-state index in [1.165, 1.54) is 0 Å². The predicted octanol–water partition coefficient (Wildman–Crippen LogP) is 3.26. The summed E-state index contributed by atoms with van der Waals surface area (Å²) in [5, 5.41) is 5.81. The molecule has 3 rings (SSSR count). The van der Waals surface area contributed by atoms with E-state index >= 15 is 0 Å². The number of carbonyl (C=O) groups is 2. The molecule has 1 aliphatic carbocycles. The molecule has 1 aliphatic rings. The Bertz CT molecular complexity index is 769. The first-order valence-corrected chi connectivity index (χ1v) is 8.89. The molecule has 0 unspecified atom stereocenters. The molecule has 2 amide bonds. The second kappa shape index (κ2) is 8.04. The van der Waals surface area contributed by atoms with Crippen molar-refractivity contribution in [1.82, 2.24) is 5.32 Å². The lowest BCUT2D eigenvalue weighted by Crippen LogP contribution is -2.25. The zero-order valence-electron chi connectivity index (χ0n) is 15.1. The number of amides is 2. The predicted molar refractivity (Wildman–Crippen MR) is 101 cm³/mol. The minimum atomic E-state index is -0.118. The molecule has 1 fully saturated rings. The number of nitrogens with one attached hydrogen (secondary N) is 2. The van der Waals surface area contributed by atoms with Gasteiger partial charge in [0.25, 0.3) is 5.91 Å². The van der Waals surface area contributed by atoms with Crippen molar-refractivity contribution in [3.8, 4) is 5.75 Å².